The van der Waals surface area contributed by atoms with Gasteiger partial charge in [0.05, 0.1) is 11.0 Å². The average Bonchev–Trinajstić information content (AvgIpc) is 3.56. The summed E-state index contributed by atoms with van der Waals surface area (Å²) < 4.78 is 128. The SMILES string of the molecule is CCN(CC)c1ccc2c(-c3ccc(S(=O)(=O)C(C)CCc4ccc(OC(F)(F)C(F)(F)I5OC(C)(C)c6ccccc65)cc4)cc3S(=O)O)c3ccc(=[N+](CC)CC)cc-3oc2c1. The number of fused-ring (bicyclic) bond motifs is 3. The van der Waals surface area contributed by atoms with Crippen molar-refractivity contribution < 1.29 is 47.0 Å². The molecule has 2 aliphatic heterocycles. The minimum atomic E-state index is -4.87. The molecule has 2 heterocycles. The first-order chi connectivity index (χ1) is 30.3. The Labute approximate surface area is 381 Å². The van der Waals surface area contributed by atoms with Crippen molar-refractivity contribution in [2.45, 2.75) is 92.0 Å². The van der Waals surface area contributed by atoms with E-state index in [9.17, 15) is 17.2 Å². The van der Waals surface area contributed by atoms with Crippen molar-refractivity contribution >= 4 is 57.8 Å². The van der Waals surface area contributed by atoms with Crippen LogP contribution in [0, 0.1) is 3.57 Å². The Hall–Kier alpha value is -4.36. The molecule has 0 saturated carbocycles. The van der Waals surface area contributed by atoms with Gasteiger partial charge in [-0.2, -0.15) is 0 Å². The molecule has 1 N–H and O–H groups in total. The molecule has 0 amide bonds. The second kappa shape index (κ2) is 18.5. The average molecular weight is 1040 g/mol. The Morgan fingerprint density at radius 3 is 2.20 bits per heavy atom. The quantitative estimate of drug-likeness (QED) is 0.0255. The molecule has 0 saturated heterocycles. The Kier molecular flexibility index (Phi) is 13.8. The molecule has 3 aliphatic rings. The Balaban J connectivity index is 1.14. The van der Waals surface area contributed by atoms with Crippen LogP contribution in [0.5, 0.6) is 5.75 Å². The predicted octanol–water partition coefficient (Wildman–Crippen LogP) is 11.4. The van der Waals surface area contributed by atoms with Crippen LogP contribution in [0.3, 0.4) is 0 Å². The largest absolute Gasteiger partial charge is 0.456 e. The molecule has 0 fully saturated rings. The number of sulfone groups is 1. The number of benzene rings is 5. The molecule has 0 bridgehead atoms. The smallest absolute Gasteiger partial charge is 0.203 e. The van der Waals surface area contributed by atoms with Crippen molar-refractivity contribution in [3.63, 3.8) is 0 Å². The summed E-state index contributed by atoms with van der Waals surface area (Å²) in [6.07, 6.45) is -4.59. The monoisotopic (exact) mass is 1040 g/mol. The molecule has 1 aliphatic carbocycles. The standard InChI is InChI=1S/C48H51F4IN2O7S2/c1-8-54(9-2)33-20-25-37-42(28-33)60-43-29-34(55(10-3)11-4)21-26-38(43)45(37)39-27-24-36(30-44(39)63(56)57)64(58,59)31(5)16-17-32-18-22-35(23-19-32)61-48(51,52)47(49,50)53-41-15-13-12-14-40(41)46(6,7)62-53/h12-15,18-31H,8-11,16-17H2,1-7H3/p+1. The fraction of sp³-hybridized carbons (Fsp3) is 0.354. The molecule has 16 heteroatoms. The zero-order valence-corrected chi connectivity index (χ0v) is 40.4. The van der Waals surface area contributed by atoms with Gasteiger partial charge in [-0.25, -0.2) is 8.78 Å². The van der Waals surface area contributed by atoms with E-state index in [1.807, 2.05) is 36.4 Å². The van der Waals surface area contributed by atoms with Crippen LogP contribution in [-0.2, 0) is 36.0 Å². The number of ether oxygens (including phenoxy) is 1. The van der Waals surface area contributed by atoms with Gasteiger partial charge in [0.1, 0.15) is 24.4 Å². The molecule has 7 rings (SSSR count). The molecule has 342 valence electrons. The number of aryl methyl sites for hydroxylation is 1. The third-order valence-electron chi connectivity index (χ3n) is 11.7. The molecule has 0 aromatic heterocycles. The minimum Gasteiger partial charge on any atom is -0.456 e. The third-order valence-corrected chi connectivity index (χ3v) is 20.1. The molecule has 4 aromatic carbocycles. The Bertz CT molecular complexity index is 2860. The summed E-state index contributed by atoms with van der Waals surface area (Å²) in [6.45, 7) is 16.0. The van der Waals surface area contributed by atoms with E-state index in [-0.39, 0.29) is 26.2 Å². The number of hydrogen-bond acceptors (Lipinski definition) is 7. The zero-order chi connectivity index (χ0) is 46.4. The maximum Gasteiger partial charge on any atom is 0.203 e. The topological polar surface area (TPSA) is 109 Å². The van der Waals surface area contributed by atoms with Crippen molar-refractivity contribution in [1.29, 1.82) is 0 Å². The van der Waals surface area contributed by atoms with Crippen LogP contribution in [0.25, 0.3) is 33.4 Å². The summed E-state index contributed by atoms with van der Waals surface area (Å²) in [7, 11) is -4.07. The fourth-order valence-corrected chi connectivity index (χ4v) is 15.3. The fourth-order valence-electron chi connectivity index (χ4n) is 8.10. The minimum absolute atomic E-state index is 0.0869. The zero-order valence-electron chi connectivity index (χ0n) is 36.6. The molecule has 9 nitrogen and oxygen atoms in total. The number of hydrogen-bond donors (Lipinski definition) is 1. The first-order valence-corrected chi connectivity index (χ1v) is 26.8. The van der Waals surface area contributed by atoms with Gasteiger partial charge < -0.3 is 13.9 Å². The van der Waals surface area contributed by atoms with E-state index in [1.54, 1.807) is 32.0 Å². The van der Waals surface area contributed by atoms with Crippen LogP contribution < -0.4 is 19.6 Å². The van der Waals surface area contributed by atoms with Gasteiger partial charge in [-0.05, 0) is 58.0 Å². The van der Waals surface area contributed by atoms with Crippen molar-refractivity contribution in [1.82, 2.24) is 4.58 Å². The molecular weight excluding hydrogens is 984 g/mol. The molecular formula is C48H52F4IN2O7S2+. The van der Waals surface area contributed by atoms with Crippen molar-refractivity contribution in [3.05, 3.63) is 123 Å². The molecule has 64 heavy (non-hydrogen) atoms. The number of alkyl halides is 5. The van der Waals surface area contributed by atoms with Gasteiger partial charge in [0.15, 0.2) is 11.1 Å². The molecule has 2 atom stereocenters. The van der Waals surface area contributed by atoms with Crippen molar-refractivity contribution in [2.75, 3.05) is 31.1 Å². The van der Waals surface area contributed by atoms with Crippen LogP contribution >= 0.6 is 20.2 Å². The van der Waals surface area contributed by atoms with Gasteiger partial charge in [-0.3, -0.25) is 0 Å². The summed E-state index contributed by atoms with van der Waals surface area (Å²) in [5.41, 5.74) is 3.07. The van der Waals surface area contributed by atoms with E-state index in [4.69, 9.17) is 7.48 Å². The number of anilines is 1. The van der Waals surface area contributed by atoms with Gasteiger partial charge in [0.25, 0.3) is 0 Å². The molecule has 0 spiro atoms. The van der Waals surface area contributed by atoms with Crippen LogP contribution in [0.4, 0.5) is 23.2 Å². The van der Waals surface area contributed by atoms with Gasteiger partial charge in [0, 0.05) is 53.0 Å². The first-order valence-electron chi connectivity index (χ1n) is 21.1. The summed E-state index contributed by atoms with van der Waals surface area (Å²) in [6, 6.07) is 27.3. The van der Waals surface area contributed by atoms with Crippen LogP contribution in [0.1, 0.15) is 66.0 Å². The van der Waals surface area contributed by atoms with E-state index in [2.05, 4.69) is 41.9 Å². The Morgan fingerprint density at radius 1 is 0.875 bits per heavy atom. The molecule has 0 radical (unpaired) electrons. The first kappa shape index (κ1) is 47.6. The van der Waals surface area contributed by atoms with Crippen molar-refractivity contribution in [3.8, 4) is 28.2 Å². The van der Waals surface area contributed by atoms with Gasteiger partial charge in [-0.15, -0.1) is 0 Å². The van der Waals surface area contributed by atoms with E-state index in [0.29, 0.717) is 44.5 Å². The summed E-state index contributed by atoms with van der Waals surface area (Å²) in [4.78, 5) is 1.96. The van der Waals surface area contributed by atoms with Crippen molar-refractivity contribution in [2.24, 2.45) is 0 Å². The number of nitrogens with zero attached hydrogens (tertiary/aromatic N) is 2. The summed E-state index contributed by atoms with van der Waals surface area (Å²) in [5.74, 6) is 0.0771. The van der Waals surface area contributed by atoms with E-state index in [1.165, 1.54) is 43.3 Å². The Morgan fingerprint density at radius 2 is 1.55 bits per heavy atom. The molecule has 2 unspecified atom stereocenters. The van der Waals surface area contributed by atoms with Crippen LogP contribution in [-0.4, -0.2) is 58.6 Å². The van der Waals surface area contributed by atoms with E-state index < -0.39 is 67.8 Å². The number of rotatable bonds is 16. The van der Waals surface area contributed by atoms with Crippen LogP contribution in [0.2, 0.25) is 0 Å². The summed E-state index contributed by atoms with van der Waals surface area (Å²) >= 11 is -6.85. The van der Waals surface area contributed by atoms with E-state index in [0.717, 1.165) is 49.4 Å². The number of halogens is 5. The van der Waals surface area contributed by atoms with E-state index >= 15 is 17.6 Å². The normalized spacial score (nSPS) is 15.6. The summed E-state index contributed by atoms with van der Waals surface area (Å²) in [5, 5.41) is 0.657. The van der Waals surface area contributed by atoms with Crippen LogP contribution in [0.15, 0.2) is 117 Å². The maximum absolute atomic E-state index is 15.6. The van der Waals surface area contributed by atoms with Gasteiger partial charge in [-0.1, -0.05) is 6.07 Å². The molecule has 4 aromatic rings. The third kappa shape index (κ3) is 8.96. The van der Waals surface area contributed by atoms with Gasteiger partial charge in [0.2, 0.25) is 5.36 Å². The second-order valence-corrected chi connectivity index (χ2v) is 23.7. The van der Waals surface area contributed by atoms with Gasteiger partial charge >= 0.3 is 192 Å². The predicted molar refractivity (Wildman–Crippen MR) is 252 cm³/mol. The second-order valence-electron chi connectivity index (χ2n) is 16.1. The maximum atomic E-state index is 15.6.